The Balaban J connectivity index is 2.81. The van der Waals surface area contributed by atoms with Gasteiger partial charge in [0, 0.05) is 14.2 Å². The van der Waals surface area contributed by atoms with Gasteiger partial charge in [-0.2, -0.15) is 0 Å². The fourth-order valence-corrected chi connectivity index (χ4v) is 3.27. The van der Waals surface area contributed by atoms with Crippen molar-refractivity contribution in [1.82, 2.24) is 0 Å². The highest BCUT2D eigenvalue weighted by molar-refractivity contribution is 7.54. The van der Waals surface area contributed by atoms with E-state index in [1.165, 1.54) is 14.2 Å². The van der Waals surface area contributed by atoms with Crippen LogP contribution >= 0.6 is 7.60 Å². The van der Waals surface area contributed by atoms with Crippen LogP contribution in [0.3, 0.4) is 0 Å². The summed E-state index contributed by atoms with van der Waals surface area (Å²) in [7, 11) is -0.851. The summed E-state index contributed by atoms with van der Waals surface area (Å²) in [6.07, 6.45) is 3.22. The zero-order chi connectivity index (χ0) is 15.7. The molecule has 6 heteroatoms. The Hall–Kier alpha value is -1.16. The molecule has 1 aromatic carbocycles. The monoisotopic (exact) mass is 314 g/mol. The number of ether oxygens (including phenoxy) is 1. The predicted molar refractivity (Wildman–Crippen MR) is 81.4 cm³/mol. The van der Waals surface area contributed by atoms with Gasteiger partial charge in [0.2, 0.25) is 5.85 Å². The third-order valence-electron chi connectivity index (χ3n) is 3.17. The van der Waals surface area contributed by atoms with E-state index in [2.05, 4.69) is 6.92 Å². The highest BCUT2D eigenvalue weighted by Gasteiger charge is 2.37. The number of hydrogen-bond donors (Lipinski definition) is 0. The molecule has 0 radical (unpaired) electrons. The standard InChI is InChI=1S/C15H23O5P/c1-4-5-7-12-14(21(17,18-2)19-3)20-15(16)13-10-8-6-9-11-13/h6,8-11,14H,4-5,7,12H2,1-3H3/t14-/m1/s1. The van der Waals surface area contributed by atoms with Crippen molar-refractivity contribution in [3.05, 3.63) is 35.9 Å². The van der Waals surface area contributed by atoms with Gasteiger partial charge in [-0.05, 0) is 25.0 Å². The molecule has 0 bridgehead atoms. The van der Waals surface area contributed by atoms with Crippen molar-refractivity contribution in [2.45, 2.75) is 38.5 Å². The van der Waals surface area contributed by atoms with Crippen molar-refractivity contribution < 1.29 is 23.1 Å². The van der Waals surface area contributed by atoms with Gasteiger partial charge < -0.3 is 13.8 Å². The van der Waals surface area contributed by atoms with Gasteiger partial charge >= 0.3 is 13.6 Å². The predicted octanol–water partition coefficient (Wildman–Crippen LogP) is 4.24. The lowest BCUT2D eigenvalue weighted by molar-refractivity contribution is 0.0366. The number of carbonyl (C=O) groups is 1. The Kier molecular flexibility index (Phi) is 7.65. The van der Waals surface area contributed by atoms with Crippen LogP contribution in [0.5, 0.6) is 0 Å². The van der Waals surface area contributed by atoms with E-state index >= 15 is 0 Å². The molecule has 5 nitrogen and oxygen atoms in total. The van der Waals surface area contributed by atoms with Gasteiger partial charge in [0.1, 0.15) is 0 Å². The van der Waals surface area contributed by atoms with Crippen molar-refractivity contribution in [1.29, 1.82) is 0 Å². The van der Waals surface area contributed by atoms with Crippen molar-refractivity contribution in [2.24, 2.45) is 0 Å². The molecule has 1 aromatic rings. The second-order valence-corrected chi connectivity index (χ2v) is 7.01. The SMILES string of the molecule is CCCCC[C@H](OC(=O)c1ccccc1)P(=O)(OC)OC. The molecule has 118 valence electrons. The summed E-state index contributed by atoms with van der Waals surface area (Å²) in [5.74, 6) is -1.40. The third kappa shape index (κ3) is 5.27. The van der Waals surface area contributed by atoms with Gasteiger partial charge in [0.05, 0.1) is 5.56 Å². The first-order chi connectivity index (χ1) is 10.1. The molecule has 0 aliphatic carbocycles. The second kappa shape index (κ2) is 8.98. The number of benzene rings is 1. The van der Waals surface area contributed by atoms with Crippen LogP contribution in [0.4, 0.5) is 0 Å². The molecule has 0 saturated heterocycles. The van der Waals surface area contributed by atoms with Gasteiger partial charge in [-0.1, -0.05) is 38.0 Å². The molecule has 21 heavy (non-hydrogen) atoms. The molecule has 0 fully saturated rings. The number of hydrogen-bond acceptors (Lipinski definition) is 5. The van der Waals surface area contributed by atoms with Gasteiger partial charge in [-0.3, -0.25) is 4.57 Å². The molecule has 0 aliphatic rings. The van der Waals surface area contributed by atoms with Crippen LogP contribution in [0.2, 0.25) is 0 Å². The largest absolute Gasteiger partial charge is 0.446 e. The van der Waals surface area contributed by atoms with Crippen LogP contribution in [0.15, 0.2) is 30.3 Å². The summed E-state index contributed by atoms with van der Waals surface area (Å²) in [5, 5.41) is 0. The quantitative estimate of drug-likeness (QED) is 0.387. The summed E-state index contributed by atoms with van der Waals surface area (Å²) in [5.41, 5.74) is 0.414. The maximum Gasteiger partial charge on any atom is 0.370 e. The molecule has 0 aliphatic heterocycles. The van der Waals surface area contributed by atoms with Crippen molar-refractivity contribution in [3.63, 3.8) is 0 Å². The molecule has 0 heterocycles. The minimum atomic E-state index is -3.45. The van der Waals surface area contributed by atoms with Crippen LogP contribution < -0.4 is 0 Å². The van der Waals surface area contributed by atoms with E-state index in [4.69, 9.17) is 13.8 Å². The molecule has 0 amide bonds. The van der Waals surface area contributed by atoms with Gasteiger partial charge in [-0.25, -0.2) is 4.79 Å². The molecule has 1 atom stereocenters. The van der Waals surface area contributed by atoms with Crippen molar-refractivity contribution in [3.8, 4) is 0 Å². The van der Waals surface area contributed by atoms with Crippen LogP contribution in [0.1, 0.15) is 43.0 Å². The lowest BCUT2D eigenvalue weighted by Crippen LogP contribution is -2.20. The highest BCUT2D eigenvalue weighted by Crippen LogP contribution is 2.53. The van der Waals surface area contributed by atoms with E-state index < -0.39 is 19.4 Å². The molecule has 0 unspecified atom stereocenters. The molecular weight excluding hydrogens is 291 g/mol. The number of rotatable bonds is 9. The van der Waals surface area contributed by atoms with E-state index in [0.29, 0.717) is 12.0 Å². The van der Waals surface area contributed by atoms with Crippen LogP contribution in [-0.2, 0) is 18.3 Å². The average Bonchev–Trinajstić information content (AvgIpc) is 2.54. The Labute approximate surface area is 126 Å². The topological polar surface area (TPSA) is 61.8 Å². The first-order valence-electron chi connectivity index (χ1n) is 7.04. The minimum Gasteiger partial charge on any atom is -0.446 e. The summed E-state index contributed by atoms with van der Waals surface area (Å²) in [6.45, 7) is 2.07. The lowest BCUT2D eigenvalue weighted by atomic mass is 10.2. The summed E-state index contributed by atoms with van der Waals surface area (Å²) in [4.78, 5) is 12.1. The van der Waals surface area contributed by atoms with E-state index in [-0.39, 0.29) is 0 Å². The van der Waals surface area contributed by atoms with Crippen LogP contribution in [0, 0.1) is 0 Å². The van der Waals surface area contributed by atoms with E-state index in [1.807, 2.05) is 6.07 Å². The van der Waals surface area contributed by atoms with Gasteiger partial charge in [0.25, 0.3) is 0 Å². The first kappa shape index (κ1) is 17.9. The Morgan fingerprint density at radius 1 is 1.14 bits per heavy atom. The first-order valence-corrected chi connectivity index (χ1v) is 8.65. The van der Waals surface area contributed by atoms with Crippen molar-refractivity contribution in [2.75, 3.05) is 14.2 Å². The van der Waals surface area contributed by atoms with Crippen molar-refractivity contribution >= 4 is 13.6 Å². The van der Waals surface area contributed by atoms with E-state index in [0.717, 1.165) is 19.3 Å². The normalized spacial score (nSPS) is 12.9. The maximum atomic E-state index is 12.5. The van der Waals surface area contributed by atoms with Crippen LogP contribution in [-0.4, -0.2) is 26.0 Å². The molecule has 0 aromatic heterocycles. The Morgan fingerprint density at radius 2 is 1.76 bits per heavy atom. The number of carbonyl (C=O) groups excluding carboxylic acids is 1. The fourth-order valence-electron chi connectivity index (χ4n) is 1.93. The minimum absolute atomic E-state index is 0.414. The maximum absolute atomic E-state index is 12.5. The third-order valence-corrected chi connectivity index (χ3v) is 5.26. The van der Waals surface area contributed by atoms with Crippen LogP contribution in [0.25, 0.3) is 0 Å². The summed E-state index contributed by atoms with van der Waals surface area (Å²) >= 11 is 0. The zero-order valence-corrected chi connectivity index (χ0v) is 13.7. The molecular formula is C15H23O5P. The lowest BCUT2D eigenvalue weighted by Gasteiger charge is -2.24. The zero-order valence-electron chi connectivity index (χ0n) is 12.8. The summed E-state index contributed by atoms with van der Waals surface area (Å²) < 4.78 is 27.8. The number of unbranched alkanes of at least 4 members (excludes halogenated alkanes) is 2. The summed E-state index contributed by atoms with van der Waals surface area (Å²) in [6, 6.07) is 8.60. The smallest absolute Gasteiger partial charge is 0.370 e. The number of esters is 1. The average molecular weight is 314 g/mol. The Bertz CT molecular complexity index is 466. The highest BCUT2D eigenvalue weighted by atomic mass is 31.2. The molecule has 0 saturated carbocycles. The second-order valence-electron chi connectivity index (χ2n) is 4.63. The van der Waals surface area contributed by atoms with Gasteiger partial charge in [0.15, 0.2) is 0 Å². The van der Waals surface area contributed by atoms with E-state index in [9.17, 15) is 9.36 Å². The molecule has 1 rings (SSSR count). The molecule has 0 spiro atoms. The van der Waals surface area contributed by atoms with E-state index in [1.54, 1.807) is 24.3 Å². The fraction of sp³-hybridized carbons (Fsp3) is 0.533. The van der Waals surface area contributed by atoms with Gasteiger partial charge in [-0.15, -0.1) is 0 Å². The Morgan fingerprint density at radius 3 is 2.29 bits per heavy atom. The molecule has 0 N–H and O–H groups in total.